The molecule has 34 heavy (non-hydrogen) atoms. The average Bonchev–Trinajstić information content (AvgIpc) is 3.14. The fourth-order valence-electron chi connectivity index (χ4n) is 3.86. The van der Waals surface area contributed by atoms with Gasteiger partial charge in [-0.15, -0.1) is 0 Å². The molecule has 0 aliphatic carbocycles. The fraction of sp³-hybridized carbons (Fsp3) is 0.208. The van der Waals surface area contributed by atoms with Crippen molar-refractivity contribution in [3.05, 3.63) is 76.3 Å². The van der Waals surface area contributed by atoms with Gasteiger partial charge in [-0.25, -0.2) is 8.42 Å². The van der Waals surface area contributed by atoms with E-state index in [1.165, 1.54) is 18.2 Å². The van der Waals surface area contributed by atoms with Gasteiger partial charge in [0.2, 0.25) is 15.9 Å². The number of nitrogens with zero attached hydrogens (tertiary/aromatic N) is 2. The van der Waals surface area contributed by atoms with Gasteiger partial charge in [0.1, 0.15) is 11.2 Å². The zero-order chi connectivity index (χ0) is 24.5. The quantitative estimate of drug-likeness (QED) is 0.279. The summed E-state index contributed by atoms with van der Waals surface area (Å²) >= 11 is 0. The predicted octanol–water partition coefficient (Wildman–Crippen LogP) is 4.99. The maximum Gasteiger partial charge on any atom is 0.271 e. The van der Waals surface area contributed by atoms with E-state index in [9.17, 15) is 23.3 Å². The molecular weight excluding hydrogens is 458 g/mol. The van der Waals surface area contributed by atoms with Gasteiger partial charge in [0.25, 0.3) is 5.69 Å². The zero-order valence-corrected chi connectivity index (χ0v) is 19.5. The number of fused-ring (bicyclic) bond motifs is 3. The van der Waals surface area contributed by atoms with E-state index in [1.54, 1.807) is 19.1 Å². The fourth-order valence-corrected chi connectivity index (χ4v) is 4.87. The van der Waals surface area contributed by atoms with E-state index in [0.29, 0.717) is 16.8 Å². The van der Waals surface area contributed by atoms with Crippen LogP contribution in [0.5, 0.6) is 0 Å². The lowest BCUT2D eigenvalue weighted by Gasteiger charge is -2.24. The molecule has 0 radical (unpaired) electrons. The third-order valence-corrected chi connectivity index (χ3v) is 6.68. The number of para-hydroxylation sites is 1. The van der Waals surface area contributed by atoms with E-state index >= 15 is 0 Å². The van der Waals surface area contributed by atoms with E-state index < -0.39 is 14.9 Å². The molecule has 0 bridgehead atoms. The molecular formula is C24H23N3O6S. The van der Waals surface area contributed by atoms with Crippen molar-refractivity contribution in [2.24, 2.45) is 0 Å². The number of nitrogens with one attached hydrogen (secondary N) is 1. The summed E-state index contributed by atoms with van der Waals surface area (Å²) in [4.78, 5) is 23.1. The largest absolute Gasteiger partial charge is 0.456 e. The first-order valence-corrected chi connectivity index (χ1v) is 12.4. The number of carbonyl (C=O) groups is 1. The first-order chi connectivity index (χ1) is 16.1. The van der Waals surface area contributed by atoms with Crippen LogP contribution in [0.4, 0.5) is 17.1 Å². The Bertz CT molecular complexity index is 1510. The highest BCUT2D eigenvalue weighted by molar-refractivity contribution is 7.92. The number of hydrogen-bond donors (Lipinski definition) is 1. The van der Waals surface area contributed by atoms with Crippen LogP contribution in [0.25, 0.3) is 21.9 Å². The van der Waals surface area contributed by atoms with Crippen LogP contribution in [0.2, 0.25) is 0 Å². The van der Waals surface area contributed by atoms with E-state index in [-0.39, 0.29) is 36.7 Å². The number of rotatable bonds is 8. The minimum absolute atomic E-state index is 0.0108. The van der Waals surface area contributed by atoms with Crippen molar-refractivity contribution in [2.45, 2.75) is 19.8 Å². The average molecular weight is 482 g/mol. The third kappa shape index (κ3) is 4.86. The van der Waals surface area contributed by atoms with Crippen molar-refractivity contribution in [3.8, 4) is 0 Å². The number of amides is 1. The number of hydrogen-bond acceptors (Lipinski definition) is 6. The second-order valence-corrected chi connectivity index (χ2v) is 9.93. The van der Waals surface area contributed by atoms with Crippen molar-refractivity contribution in [1.29, 1.82) is 0 Å². The number of nitro benzene ring substituents is 1. The minimum Gasteiger partial charge on any atom is -0.456 e. The minimum atomic E-state index is -3.71. The number of carbonyl (C=O) groups excluding carboxylic acids is 1. The molecule has 0 fully saturated rings. The van der Waals surface area contributed by atoms with Gasteiger partial charge >= 0.3 is 0 Å². The number of anilines is 2. The topological polar surface area (TPSA) is 123 Å². The molecule has 1 heterocycles. The molecule has 1 aromatic heterocycles. The maximum absolute atomic E-state index is 12.5. The highest BCUT2D eigenvalue weighted by Crippen LogP contribution is 2.31. The van der Waals surface area contributed by atoms with Gasteiger partial charge in [-0.3, -0.25) is 19.2 Å². The van der Waals surface area contributed by atoms with Gasteiger partial charge in [-0.1, -0.05) is 24.3 Å². The Labute approximate surface area is 196 Å². The lowest BCUT2D eigenvalue weighted by atomic mass is 10.1. The first kappa shape index (κ1) is 23.2. The zero-order valence-electron chi connectivity index (χ0n) is 18.6. The van der Waals surface area contributed by atoms with E-state index in [0.717, 1.165) is 26.9 Å². The van der Waals surface area contributed by atoms with Crippen LogP contribution in [0.15, 0.2) is 65.1 Å². The summed E-state index contributed by atoms with van der Waals surface area (Å²) in [6, 6.07) is 17.2. The molecule has 3 aromatic carbocycles. The lowest BCUT2D eigenvalue weighted by Crippen LogP contribution is -2.32. The van der Waals surface area contributed by atoms with Crippen molar-refractivity contribution in [2.75, 3.05) is 22.4 Å². The van der Waals surface area contributed by atoms with Gasteiger partial charge in [-0.2, -0.15) is 0 Å². The summed E-state index contributed by atoms with van der Waals surface area (Å²) in [6.45, 7) is 1.69. The second kappa shape index (κ2) is 9.14. The van der Waals surface area contributed by atoms with Crippen LogP contribution >= 0.6 is 0 Å². The third-order valence-electron chi connectivity index (χ3n) is 5.50. The summed E-state index contributed by atoms with van der Waals surface area (Å²) in [6.07, 6.45) is 1.33. The summed E-state index contributed by atoms with van der Waals surface area (Å²) in [5.74, 6) is -0.278. The maximum atomic E-state index is 12.5. The van der Waals surface area contributed by atoms with Gasteiger partial charge < -0.3 is 9.73 Å². The van der Waals surface area contributed by atoms with Crippen molar-refractivity contribution in [3.63, 3.8) is 0 Å². The van der Waals surface area contributed by atoms with Crippen molar-refractivity contribution < 1.29 is 22.6 Å². The molecule has 0 saturated heterocycles. The molecule has 0 atom stereocenters. The van der Waals surface area contributed by atoms with Gasteiger partial charge in [0.15, 0.2) is 0 Å². The van der Waals surface area contributed by atoms with Crippen LogP contribution in [0.1, 0.15) is 18.4 Å². The molecule has 4 aromatic rings. The van der Waals surface area contributed by atoms with E-state index in [4.69, 9.17) is 4.42 Å². The standard InChI is InChI=1S/C24H23N3O6S/c1-16-9-11-18(27(29)30)15-21(16)26(34(2,31)32)13-5-8-24(28)25-17-10-12-20-19-6-3-4-7-22(19)33-23(20)14-17/h3-4,6-7,9-12,14-15H,5,8,13H2,1-2H3,(H,25,28). The number of aryl methyl sites for hydroxylation is 1. The van der Waals surface area contributed by atoms with Crippen LogP contribution in [0, 0.1) is 17.0 Å². The van der Waals surface area contributed by atoms with Crippen molar-refractivity contribution in [1.82, 2.24) is 0 Å². The lowest BCUT2D eigenvalue weighted by molar-refractivity contribution is -0.384. The molecule has 0 aliphatic rings. The summed E-state index contributed by atoms with van der Waals surface area (Å²) in [5.41, 5.74) is 2.60. The predicted molar refractivity (Wildman–Crippen MR) is 132 cm³/mol. The van der Waals surface area contributed by atoms with Crippen LogP contribution in [-0.4, -0.2) is 32.0 Å². The molecule has 10 heteroatoms. The van der Waals surface area contributed by atoms with Crippen LogP contribution < -0.4 is 9.62 Å². The molecule has 0 aliphatic heterocycles. The number of benzene rings is 3. The number of furan rings is 1. The summed E-state index contributed by atoms with van der Waals surface area (Å²) in [5, 5.41) is 15.9. The van der Waals surface area contributed by atoms with Crippen molar-refractivity contribution >= 4 is 54.9 Å². The Kier molecular flexibility index (Phi) is 6.25. The molecule has 0 saturated carbocycles. The Hall–Kier alpha value is -3.92. The van der Waals surface area contributed by atoms with E-state index in [2.05, 4.69) is 5.32 Å². The van der Waals surface area contributed by atoms with Gasteiger partial charge in [-0.05, 0) is 37.1 Å². The normalized spacial score (nSPS) is 11.6. The summed E-state index contributed by atoms with van der Waals surface area (Å²) < 4.78 is 31.7. The molecule has 1 amide bonds. The highest BCUT2D eigenvalue weighted by atomic mass is 32.2. The first-order valence-electron chi connectivity index (χ1n) is 10.6. The van der Waals surface area contributed by atoms with Gasteiger partial charge in [0, 0.05) is 47.6 Å². The Morgan fingerprint density at radius 1 is 1.06 bits per heavy atom. The summed E-state index contributed by atoms with van der Waals surface area (Å²) in [7, 11) is -3.71. The van der Waals surface area contributed by atoms with Crippen LogP contribution in [-0.2, 0) is 14.8 Å². The Balaban J connectivity index is 1.44. The molecule has 9 nitrogen and oxygen atoms in total. The Morgan fingerprint density at radius 3 is 2.53 bits per heavy atom. The number of nitro groups is 1. The smallest absolute Gasteiger partial charge is 0.271 e. The van der Waals surface area contributed by atoms with Gasteiger partial charge in [0.05, 0.1) is 16.9 Å². The molecule has 1 N–H and O–H groups in total. The van der Waals surface area contributed by atoms with E-state index in [1.807, 2.05) is 30.3 Å². The SMILES string of the molecule is Cc1ccc([N+](=O)[O-])cc1N(CCCC(=O)Nc1ccc2c(c1)oc1ccccc12)S(C)(=O)=O. The monoisotopic (exact) mass is 481 g/mol. The Morgan fingerprint density at radius 2 is 1.79 bits per heavy atom. The molecule has 0 unspecified atom stereocenters. The highest BCUT2D eigenvalue weighted by Gasteiger charge is 2.22. The van der Waals surface area contributed by atoms with Crippen LogP contribution in [0.3, 0.4) is 0 Å². The second-order valence-electron chi connectivity index (χ2n) is 8.02. The molecule has 0 spiro atoms. The number of sulfonamides is 1. The molecule has 176 valence electrons. The number of non-ortho nitro benzene ring substituents is 1. The molecule has 4 rings (SSSR count).